The molecular weight excluding hydrogens is 407 g/mol. The molecule has 0 aliphatic rings. The van der Waals surface area contributed by atoms with Crippen LogP contribution in [0, 0.1) is 61.4 Å². The third kappa shape index (κ3) is 7.26. The zero-order valence-electron chi connectivity index (χ0n) is 6.04. The summed E-state index contributed by atoms with van der Waals surface area (Å²) in [6.45, 7) is 0. The Bertz CT molecular complexity index is 402. The topological polar surface area (TPSA) is 143 Å². The Morgan fingerprint density at radius 2 is 0.500 bits per heavy atom. The molecule has 0 aromatic heterocycles. The second-order valence-electron chi connectivity index (χ2n) is 1.80. The van der Waals surface area contributed by atoms with E-state index in [1.54, 1.807) is 0 Å². The number of rotatable bonds is 0. The first-order valence-electron chi connectivity index (χ1n) is 2.40. The van der Waals surface area contributed by atoms with Crippen molar-refractivity contribution in [3.05, 3.63) is 0 Å². The maximum atomic E-state index is 8.58. The number of nitrogens with zero attached hydrogens (tertiary/aromatic N) is 6. The van der Waals surface area contributed by atoms with E-state index in [2.05, 4.69) is 0 Å². The van der Waals surface area contributed by atoms with Crippen LogP contribution in [-0.4, -0.2) is 257 Å². The average molecular weight is 412 g/mol. The molecule has 0 aromatic rings. The van der Waals surface area contributed by atoms with Crippen LogP contribution in [0.1, 0.15) is 0 Å². The third-order valence-corrected chi connectivity index (χ3v) is 4.89. The Morgan fingerprint density at radius 3 is 0.500 bits per heavy atom. The molecule has 0 spiro atoms. The van der Waals surface area contributed by atoms with Crippen molar-refractivity contribution >= 4 is 257 Å². The zero-order valence-corrected chi connectivity index (χ0v) is 7.14. The molecule has 0 atom stereocenters. The summed E-state index contributed by atoms with van der Waals surface area (Å²) < 4.78 is 0. The van der Waals surface area contributed by atoms with Gasteiger partial charge in [-0.25, -0.2) is 0 Å². The monoisotopic (exact) mass is 412 g/mol. The second-order valence-corrected chi connectivity index (χ2v) is 7.42. The van der Waals surface area contributed by atoms with E-state index in [-0.39, 0.29) is 257 Å². The molecular formula is C6H5FeK5N6. The van der Waals surface area contributed by atoms with Crippen LogP contribution in [-0.2, 0) is 10.7 Å². The molecule has 0 fully saturated rings. The molecule has 0 rings (SSSR count). The van der Waals surface area contributed by atoms with E-state index in [0.29, 0.717) is 0 Å². The van der Waals surface area contributed by atoms with E-state index in [0.717, 1.165) is 29.8 Å². The zero-order chi connectivity index (χ0) is 10.7. The second kappa shape index (κ2) is 14.9. The molecule has 0 aliphatic heterocycles. The van der Waals surface area contributed by atoms with Gasteiger partial charge in [0, 0.05) is 0 Å². The minimum absolute atomic E-state index is 0. The van der Waals surface area contributed by atoms with E-state index in [4.69, 9.17) is 31.6 Å². The van der Waals surface area contributed by atoms with Gasteiger partial charge in [0.05, 0.1) is 0 Å². The molecule has 0 radical (unpaired) electrons. The summed E-state index contributed by atoms with van der Waals surface area (Å²) in [5, 5.41) is 51.5. The predicted octanol–water partition coefficient (Wildman–Crippen LogP) is -3.14. The minimum atomic E-state index is -6.17. The molecule has 0 unspecified atom stereocenters. The van der Waals surface area contributed by atoms with Crippen LogP contribution in [0.25, 0.3) is 0 Å². The molecule has 0 heterocycles. The average Bonchev–Trinajstić information content (AvgIpc) is 2.26. The Morgan fingerprint density at radius 1 is 0.389 bits per heavy atom. The van der Waals surface area contributed by atoms with Crippen molar-refractivity contribution in [1.29, 1.82) is 31.6 Å². The van der Waals surface area contributed by atoms with E-state index < -0.39 is 10.7 Å². The van der Waals surface area contributed by atoms with Crippen LogP contribution in [0.3, 0.4) is 0 Å². The Kier molecular flexibility index (Phi) is 32.3. The molecule has 6 nitrogen and oxygen atoms in total. The molecule has 0 amide bonds. The van der Waals surface area contributed by atoms with Crippen molar-refractivity contribution in [2.24, 2.45) is 0 Å². The Hall–Kier alpha value is 5.64. The summed E-state index contributed by atoms with van der Waals surface area (Å²) in [5.41, 5.74) is 0. The number of hydrogen-bond donors (Lipinski definition) is 0. The summed E-state index contributed by atoms with van der Waals surface area (Å²) >= 11 is 0. The van der Waals surface area contributed by atoms with Crippen LogP contribution in [0.15, 0.2) is 0 Å². The molecule has 0 aromatic carbocycles. The fourth-order valence-corrected chi connectivity index (χ4v) is 1.09. The van der Waals surface area contributed by atoms with Gasteiger partial charge in [0.25, 0.3) is 0 Å². The van der Waals surface area contributed by atoms with E-state index in [1.807, 2.05) is 0 Å². The van der Waals surface area contributed by atoms with Crippen LogP contribution < -0.4 is 0 Å². The van der Waals surface area contributed by atoms with E-state index >= 15 is 0 Å². The molecule has 18 heavy (non-hydrogen) atoms. The standard InChI is InChI=1S/6CN.Fe.5K.5H/c6*1-2;;;;;;;;;;;. The summed E-state index contributed by atoms with van der Waals surface area (Å²) in [6, 6.07) is 0. The summed E-state index contributed by atoms with van der Waals surface area (Å²) in [7, 11) is -6.17. The van der Waals surface area contributed by atoms with E-state index in [1.165, 1.54) is 0 Å². The van der Waals surface area contributed by atoms with Crippen molar-refractivity contribution in [3.8, 4) is 29.8 Å². The summed E-state index contributed by atoms with van der Waals surface area (Å²) in [4.78, 5) is 6.19. The van der Waals surface area contributed by atoms with Gasteiger partial charge in [-0.3, -0.25) is 0 Å². The van der Waals surface area contributed by atoms with Crippen molar-refractivity contribution in [2.75, 3.05) is 0 Å². The molecule has 0 saturated carbocycles. The molecule has 0 saturated heterocycles. The van der Waals surface area contributed by atoms with Crippen molar-refractivity contribution in [3.63, 3.8) is 0 Å². The fraction of sp³-hybridized carbons (Fsp3) is 0. The molecule has 72 valence electrons. The van der Waals surface area contributed by atoms with Gasteiger partial charge in [-0.2, -0.15) is 0 Å². The molecule has 0 aliphatic carbocycles. The van der Waals surface area contributed by atoms with Gasteiger partial charge in [0.15, 0.2) is 0 Å². The van der Waals surface area contributed by atoms with Crippen molar-refractivity contribution in [2.45, 2.75) is 0 Å². The van der Waals surface area contributed by atoms with Gasteiger partial charge >= 0.3 is 329 Å². The van der Waals surface area contributed by atoms with Gasteiger partial charge in [-0.15, -0.1) is 0 Å². The first-order valence-corrected chi connectivity index (χ1v) is 5.71. The van der Waals surface area contributed by atoms with Gasteiger partial charge in [-0.1, -0.05) is 0 Å². The van der Waals surface area contributed by atoms with Gasteiger partial charge in [0.2, 0.25) is 0 Å². The van der Waals surface area contributed by atoms with Crippen molar-refractivity contribution < 1.29 is 10.7 Å². The Labute approximate surface area is 317 Å². The van der Waals surface area contributed by atoms with Gasteiger partial charge in [0.1, 0.15) is 0 Å². The first-order chi connectivity index (χ1) is 5.97. The number of nitriles is 6. The normalized spacial score (nSPS) is 9.67. The van der Waals surface area contributed by atoms with E-state index in [9.17, 15) is 0 Å². The van der Waals surface area contributed by atoms with Crippen LogP contribution in [0.4, 0.5) is 0 Å². The summed E-state index contributed by atoms with van der Waals surface area (Å²) in [5.74, 6) is 0. The Balaban J connectivity index is -0.0000000720. The van der Waals surface area contributed by atoms with Crippen LogP contribution in [0.2, 0.25) is 0 Å². The maximum absolute atomic E-state index is 8.58. The van der Waals surface area contributed by atoms with Crippen molar-refractivity contribution in [1.82, 2.24) is 0 Å². The summed E-state index contributed by atoms with van der Waals surface area (Å²) in [6.07, 6.45) is 0. The van der Waals surface area contributed by atoms with Gasteiger partial charge in [-0.05, 0) is 0 Å². The number of hydrogen-bond acceptors (Lipinski definition) is 6. The molecule has 12 heteroatoms. The quantitative estimate of drug-likeness (QED) is 0.385. The first kappa shape index (κ1) is 38.9. The predicted molar refractivity (Wildman–Crippen MR) is 69.4 cm³/mol. The molecule has 0 N–H and O–H groups in total. The van der Waals surface area contributed by atoms with Gasteiger partial charge < -0.3 is 0 Å². The molecule has 0 bridgehead atoms. The van der Waals surface area contributed by atoms with Crippen LogP contribution >= 0.6 is 0 Å². The SMILES string of the molecule is N#[C][Fe]([C]#N)([C]#N)([C]#N)([C]#N)[C]#N.[KH].[KH].[KH].[KH].[KH]. The fourth-order valence-electron chi connectivity index (χ4n) is 0.265. The third-order valence-electron chi connectivity index (χ3n) is 1.19. The van der Waals surface area contributed by atoms with Crippen LogP contribution in [0.5, 0.6) is 0 Å².